The third-order valence-electron chi connectivity index (χ3n) is 1.86. The van der Waals surface area contributed by atoms with Crippen LogP contribution >= 0.6 is 0 Å². The predicted molar refractivity (Wildman–Crippen MR) is 37.6 cm³/mol. The lowest BCUT2D eigenvalue weighted by molar-refractivity contribution is 0.0635. The minimum absolute atomic E-state index is 0.307. The summed E-state index contributed by atoms with van der Waals surface area (Å²) in [7, 11) is 0. The summed E-state index contributed by atoms with van der Waals surface area (Å²) in [4.78, 5) is 0. The second kappa shape index (κ2) is 3.88. The fourth-order valence-corrected chi connectivity index (χ4v) is 1.16. The van der Waals surface area contributed by atoms with Crippen LogP contribution in [0.3, 0.4) is 0 Å². The van der Waals surface area contributed by atoms with E-state index in [9.17, 15) is 4.39 Å². The van der Waals surface area contributed by atoms with Gasteiger partial charge in [-0.2, -0.15) is 0 Å². The van der Waals surface area contributed by atoms with Gasteiger partial charge in [-0.05, 0) is 25.8 Å². The number of alkyl halides is 1. The van der Waals surface area contributed by atoms with Crippen molar-refractivity contribution in [2.75, 3.05) is 13.1 Å². The molecule has 2 nitrogen and oxygen atoms in total. The lowest BCUT2D eigenvalue weighted by Crippen LogP contribution is -2.35. The maximum atomic E-state index is 12.7. The molecule has 1 rings (SSSR count). The minimum Gasteiger partial charge on any atom is -0.390 e. The summed E-state index contributed by atoms with van der Waals surface area (Å²) in [6.45, 7) is 1.19. The zero-order chi connectivity index (χ0) is 7.40. The van der Waals surface area contributed by atoms with Crippen LogP contribution in [0.2, 0.25) is 0 Å². The molecule has 60 valence electrons. The fraction of sp³-hybridized carbons (Fsp3) is 1.00. The Morgan fingerprint density at radius 2 is 2.20 bits per heavy atom. The number of aliphatic hydroxyl groups excluding tert-OH is 1. The van der Waals surface area contributed by atoms with Gasteiger partial charge in [-0.3, -0.25) is 0 Å². The van der Waals surface area contributed by atoms with Crippen molar-refractivity contribution < 1.29 is 9.50 Å². The zero-order valence-corrected chi connectivity index (χ0v) is 6.02. The van der Waals surface area contributed by atoms with Gasteiger partial charge in [-0.25, -0.2) is 4.39 Å². The fourth-order valence-electron chi connectivity index (χ4n) is 1.16. The van der Waals surface area contributed by atoms with Crippen molar-refractivity contribution in [2.45, 2.75) is 31.5 Å². The van der Waals surface area contributed by atoms with E-state index in [1.54, 1.807) is 0 Å². The maximum absolute atomic E-state index is 12.7. The van der Waals surface area contributed by atoms with Crippen molar-refractivity contribution in [1.29, 1.82) is 0 Å². The lowest BCUT2D eigenvalue weighted by atomic mass is 10.1. The highest BCUT2D eigenvalue weighted by atomic mass is 19.1. The number of rotatable bonds is 0. The second-order valence-electron chi connectivity index (χ2n) is 2.78. The molecule has 1 heterocycles. The SMILES string of the molecule is OC1CCCCNCC1F. The number of halogens is 1. The molecular weight excluding hydrogens is 133 g/mol. The molecule has 0 amide bonds. The summed E-state index contributed by atoms with van der Waals surface area (Å²) in [6, 6.07) is 0. The third-order valence-corrected chi connectivity index (χ3v) is 1.86. The van der Waals surface area contributed by atoms with Gasteiger partial charge in [0.25, 0.3) is 0 Å². The first-order chi connectivity index (χ1) is 4.80. The van der Waals surface area contributed by atoms with Gasteiger partial charge in [0.1, 0.15) is 6.17 Å². The van der Waals surface area contributed by atoms with Crippen molar-refractivity contribution in [3.8, 4) is 0 Å². The van der Waals surface area contributed by atoms with E-state index in [1.807, 2.05) is 0 Å². The zero-order valence-electron chi connectivity index (χ0n) is 6.02. The van der Waals surface area contributed by atoms with Crippen LogP contribution in [0.25, 0.3) is 0 Å². The molecule has 1 fully saturated rings. The normalized spacial score (nSPS) is 36.6. The van der Waals surface area contributed by atoms with E-state index in [2.05, 4.69) is 5.32 Å². The largest absolute Gasteiger partial charge is 0.390 e. The number of hydrogen-bond donors (Lipinski definition) is 2. The van der Waals surface area contributed by atoms with Crippen LogP contribution in [0.15, 0.2) is 0 Å². The minimum atomic E-state index is -1.07. The van der Waals surface area contributed by atoms with Crippen molar-refractivity contribution in [1.82, 2.24) is 5.32 Å². The van der Waals surface area contributed by atoms with Crippen LogP contribution in [-0.4, -0.2) is 30.5 Å². The Morgan fingerprint density at radius 3 is 3.00 bits per heavy atom. The van der Waals surface area contributed by atoms with Crippen molar-refractivity contribution in [2.24, 2.45) is 0 Å². The molecule has 0 aromatic rings. The predicted octanol–water partition coefficient (Wildman–Crippen LogP) is 0.459. The Kier molecular flexibility index (Phi) is 3.09. The molecule has 10 heavy (non-hydrogen) atoms. The van der Waals surface area contributed by atoms with Gasteiger partial charge in [-0.1, -0.05) is 0 Å². The second-order valence-corrected chi connectivity index (χ2v) is 2.78. The molecule has 1 aliphatic rings. The Bertz CT molecular complexity index is 87.6. The monoisotopic (exact) mass is 147 g/mol. The first kappa shape index (κ1) is 7.95. The Morgan fingerprint density at radius 1 is 1.40 bits per heavy atom. The topological polar surface area (TPSA) is 32.3 Å². The van der Waals surface area contributed by atoms with Crippen molar-refractivity contribution in [3.05, 3.63) is 0 Å². The molecule has 0 bridgehead atoms. The number of nitrogens with one attached hydrogen (secondary N) is 1. The van der Waals surface area contributed by atoms with Gasteiger partial charge in [-0.15, -0.1) is 0 Å². The molecule has 0 radical (unpaired) electrons. The summed E-state index contributed by atoms with van der Waals surface area (Å²) < 4.78 is 12.7. The first-order valence-corrected chi connectivity index (χ1v) is 3.83. The van der Waals surface area contributed by atoms with Crippen LogP contribution in [0.4, 0.5) is 4.39 Å². The number of aliphatic hydroxyl groups is 1. The lowest BCUT2D eigenvalue weighted by Gasteiger charge is -2.19. The molecule has 0 aromatic carbocycles. The van der Waals surface area contributed by atoms with E-state index >= 15 is 0 Å². The smallest absolute Gasteiger partial charge is 0.138 e. The van der Waals surface area contributed by atoms with E-state index in [-0.39, 0.29) is 0 Å². The molecule has 2 N–H and O–H groups in total. The maximum Gasteiger partial charge on any atom is 0.138 e. The molecule has 0 saturated carbocycles. The van der Waals surface area contributed by atoms with Gasteiger partial charge in [0.05, 0.1) is 6.10 Å². The standard InChI is InChI=1S/C7H14FNO/c8-6-5-9-4-2-1-3-7(6)10/h6-7,9-10H,1-5H2. The molecule has 3 heteroatoms. The average Bonchev–Trinajstić information content (AvgIpc) is 1.92. The van der Waals surface area contributed by atoms with Crippen molar-refractivity contribution in [3.63, 3.8) is 0 Å². The summed E-state index contributed by atoms with van der Waals surface area (Å²) in [5.41, 5.74) is 0. The van der Waals surface area contributed by atoms with Gasteiger partial charge in [0.15, 0.2) is 0 Å². The Labute approximate surface area is 60.4 Å². The Balaban J connectivity index is 2.28. The van der Waals surface area contributed by atoms with Crippen LogP contribution in [0.5, 0.6) is 0 Å². The van der Waals surface area contributed by atoms with Gasteiger partial charge in [0, 0.05) is 6.54 Å². The Hall–Kier alpha value is -0.150. The molecule has 2 unspecified atom stereocenters. The molecule has 0 aliphatic carbocycles. The van der Waals surface area contributed by atoms with Gasteiger partial charge in [0.2, 0.25) is 0 Å². The summed E-state index contributed by atoms with van der Waals surface area (Å²) in [6.07, 6.45) is 0.773. The van der Waals surface area contributed by atoms with E-state index in [1.165, 1.54) is 0 Å². The van der Waals surface area contributed by atoms with E-state index in [0.29, 0.717) is 13.0 Å². The summed E-state index contributed by atoms with van der Waals surface area (Å²) in [5, 5.41) is 12.0. The van der Waals surface area contributed by atoms with E-state index in [4.69, 9.17) is 5.11 Å². The van der Waals surface area contributed by atoms with Crippen LogP contribution in [0.1, 0.15) is 19.3 Å². The van der Waals surface area contributed by atoms with Gasteiger partial charge >= 0.3 is 0 Å². The highest BCUT2D eigenvalue weighted by molar-refractivity contribution is 4.72. The molecule has 0 spiro atoms. The first-order valence-electron chi connectivity index (χ1n) is 3.83. The molecule has 2 atom stereocenters. The van der Waals surface area contributed by atoms with E-state index < -0.39 is 12.3 Å². The summed E-state index contributed by atoms with van der Waals surface area (Å²) in [5.74, 6) is 0. The van der Waals surface area contributed by atoms with Crippen LogP contribution in [-0.2, 0) is 0 Å². The molecule has 1 saturated heterocycles. The third kappa shape index (κ3) is 2.23. The quantitative estimate of drug-likeness (QED) is 0.521. The summed E-state index contributed by atoms with van der Waals surface area (Å²) >= 11 is 0. The molecule has 0 aromatic heterocycles. The van der Waals surface area contributed by atoms with Crippen LogP contribution < -0.4 is 5.32 Å². The molecular formula is C7H14FNO. The molecule has 1 aliphatic heterocycles. The van der Waals surface area contributed by atoms with Gasteiger partial charge < -0.3 is 10.4 Å². The average molecular weight is 147 g/mol. The van der Waals surface area contributed by atoms with Crippen molar-refractivity contribution >= 4 is 0 Å². The van der Waals surface area contributed by atoms with Crippen LogP contribution in [0, 0.1) is 0 Å². The van der Waals surface area contributed by atoms with E-state index in [0.717, 1.165) is 19.4 Å². The highest BCUT2D eigenvalue weighted by Crippen LogP contribution is 2.09. The number of hydrogen-bond acceptors (Lipinski definition) is 2. The highest BCUT2D eigenvalue weighted by Gasteiger charge is 2.18.